The van der Waals surface area contributed by atoms with Crippen LogP contribution < -0.4 is 9.47 Å². The number of alkyl halides is 2. The molecule has 15 heavy (non-hydrogen) atoms. The number of rotatable bonds is 0. The second-order valence-corrected chi connectivity index (χ2v) is 4.11. The maximum Gasteiger partial charge on any atom is 0.318 e. The SMILES string of the molecule is Cc1ccc2c(c1)OC1(F)CCC1(F)O2. The highest BCUT2D eigenvalue weighted by atomic mass is 19.2. The van der Waals surface area contributed by atoms with E-state index in [0.717, 1.165) is 5.56 Å². The van der Waals surface area contributed by atoms with Crippen LogP contribution in [0.3, 0.4) is 0 Å². The van der Waals surface area contributed by atoms with E-state index in [4.69, 9.17) is 9.47 Å². The summed E-state index contributed by atoms with van der Waals surface area (Å²) in [5, 5.41) is 0. The maximum atomic E-state index is 13.8. The van der Waals surface area contributed by atoms with Gasteiger partial charge in [-0.1, -0.05) is 6.07 Å². The Morgan fingerprint density at radius 1 is 1.07 bits per heavy atom. The molecule has 0 N–H and O–H groups in total. The highest BCUT2D eigenvalue weighted by Gasteiger charge is 2.69. The summed E-state index contributed by atoms with van der Waals surface area (Å²) < 4.78 is 37.7. The van der Waals surface area contributed by atoms with Gasteiger partial charge in [-0.15, -0.1) is 0 Å². The third kappa shape index (κ3) is 1.02. The van der Waals surface area contributed by atoms with Crippen molar-refractivity contribution in [1.82, 2.24) is 0 Å². The zero-order valence-corrected chi connectivity index (χ0v) is 8.22. The number of halogens is 2. The van der Waals surface area contributed by atoms with E-state index in [1.165, 1.54) is 0 Å². The molecule has 1 fully saturated rings. The molecule has 0 radical (unpaired) electrons. The highest BCUT2D eigenvalue weighted by Crippen LogP contribution is 2.55. The van der Waals surface area contributed by atoms with E-state index in [9.17, 15) is 8.78 Å². The second-order valence-electron chi connectivity index (χ2n) is 4.11. The fourth-order valence-corrected chi connectivity index (χ4v) is 1.90. The molecule has 1 heterocycles. The number of aryl methyl sites for hydroxylation is 1. The fourth-order valence-electron chi connectivity index (χ4n) is 1.90. The standard InChI is InChI=1S/C11H10F2O2/c1-7-2-3-8-9(6-7)15-11(13)5-4-10(11,12)14-8/h2-3,6H,4-5H2,1H3. The first kappa shape index (κ1) is 8.95. The summed E-state index contributed by atoms with van der Waals surface area (Å²) in [6.45, 7) is 1.85. The van der Waals surface area contributed by atoms with Crippen LogP contribution in [-0.4, -0.2) is 11.7 Å². The molecule has 1 saturated carbocycles. The van der Waals surface area contributed by atoms with Crippen LogP contribution in [-0.2, 0) is 0 Å². The molecule has 2 aliphatic rings. The van der Waals surface area contributed by atoms with Crippen molar-refractivity contribution in [2.45, 2.75) is 31.5 Å². The number of benzene rings is 1. The number of fused-ring (bicyclic) bond motifs is 2. The van der Waals surface area contributed by atoms with Crippen LogP contribution in [0.4, 0.5) is 8.78 Å². The van der Waals surface area contributed by atoms with Crippen molar-refractivity contribution in [3.05, 3.63) is 23.8 Å². The average molecular weight is 212 g/mol. The minimum absolute atomic E-state index is 0.0385. The Labute approximate surface area is 85.8 Å². The van der Waals surface area contributed by atoms with E-state index >= 15 is 0 Å². The summed E-state index contributed by atoms with van der Waals surface area (Å²) >= 11 is 0. The Bertz CT molecular complexity index is 435. The molecule has 1 aliphatic heterocycles. The second kappa shape index (κ2) is 2.43. The fraction of sp³-hybridized carbons (Fsp3) is 0.455. The Balaban J connectivity index is 2.07. The molecule has 2 nitrogen and oxygen atoms in total. The summed E-state index contributed by atoms with van der Waals surface area (Å²) in [6.07, 6.45) is 0.0771. The first-order chi connectivity index (χ1) is 7.02. The minimum Gasteiger partial charge on any atom is -0.448 e. The Kier molecular flexibility index (Phi) is 1.45. The van der Waals surface area contributed by atoms with Gasteiger partial charge in [-0.3, -0.25) is 0 Å². The molecule has 0 saturated heterocycles. The van der Waals surface area contributed by atoms with Crippen molar-refractivity contribution in [3.8, 4) is 11.5 Å². The smallest absolute Gasteiger partial charge is 0.318 e. The van der Waals surface area contributed by atoms with E-state index in [-0.39, 0.29) is 24.3 Å². The van der Waals surface area contributed by atoms with Crippen molar-refractivity contribution >= 4 is 0 Å². The normalized spacial score (nSPS) is 36.7. The molecule has 0 aromatic heterocycles. The topological polar surface area (TPSA) is 18.5 Å². The Morgan fingerprint density at radius 2 is 1.67 bits per heavy atom. The molecule has 0 amide bonds. The molecular formula is C11H10F2O2. The molecule has 1 aromatic carbocycles. The van der Waals surface area contributed by atoms with Crippen LogP contribution in [0.2, 0.25) is 0 Å². The quantitative estimate of drug-likeness (QED) is 0.658. The van der Waals surface area contributed by atoms with Gasteiger partial charge in [-0.2, -0.15) is 8.78 Å². The lowest BCUT2D eigenvalue weighted by Crippen LogP contribution is -2.65. The van der Waals surface area contributed by atoms with Gasteiger partial charge in [0, 0.05) is 12.8 Å². The van der Waals surface area contributed by atoms with Gasteiger partial charge >= 0.3 is 11.7 Å². The van der Waals surface area contributed by atoms with E-state index in [1.807, 2.05) is 6.92 Å². The third-order valence-corrected chi connectivity index (χ3v) is 2.97. The van der Waals surface area contributed by atoms with Crippen LogP contribution in [0.15, 0.2) is 18.2 Å². The van der Waals surface area contributed by atoms with E-state index in [0.29, 0.717) is 0 Å². The highest BCUT2D eigenvalue weighted by molar-refractivity contribution is 5.45. The lowest BCUT2D eigenvalue weighted by molar-refractivity contribution is -0.335. The molecule has 1 aliphatic carbocycles. The van der Waals surface area contributed by atoms with Crippen molar-refractivity contribution in [2.24, 2.45) is 0 Å². The van der Waals surface area contributed by atoms with Gasteiger partial charge in [0.2, 0.25) is 0 Å². The summed E-state index contributed by atoms with van der Waals surface area (Å²) in [5.41, 5.74) is 0.923. The van der Waals surface area contributed by atoms with E-state index in [2.05, 4.69) is 0 Å². The monoisotopic (exact) mass is 212 g/mol. The summed E-state index contributed by atoms with van der Waals surface area (Å²) in [5.74, 6) is -4.04. The van der Waals surface area contributed by atoms with Gasteiger partial charge in [0.05, 0.1) is 0 Å². The predicted octanol–water partition coefficient (Wildman–Crippen LogP) is 2.89. The molecule has 0 spiro atoms. The van der Waals surface area contributed by atoms with Crippen LogP contribution >= 0.6 is 0 Å². The zero-order valence-electron chi connectivity index (χ0n) is 8.22. The third-order valence-electron chi connectivity index (χ3n) is 2.97. The predicted molar refractivity (Wildman–Crippen MR) is 49.3 cm³/mol. The lowest BCUT2D eigenvalue weighted by atomic mass is 9.85. The van der Waals surface area contributed by atoms with Crippen molar-refractivity contribution in [3.63, 3.8) is 0 Å². The molecule has 80 valence electrons. The van der Waals surface area contributed by atoms with E-state index in [1.54, 1.807) is 18.2 Å². The lowest BCUT2D eigenvalue weighted by Gasteiger charge is -2.49. The average Bonchev–Trinajstić information content (AvgIpc) is 2.18. The summed E-state index contributed by atoms with van der Waals surface area (Å²) in [6, 6.07) is 5.02. The number of ether oxygens (including phenoxy) is 2. The van der Waals surface area contributed by atoms with Gasteiger partial charge in [-0.25, -0.2) is 0 Å². The first-order valence-electron chi connectivity index (χ1n) is 4.89. The van der Waals surface area contributed by atoms with Gasteiger partial charge < -0.3 is 9.47 Å². The van der Waals surface area contributed by atoms with Gasteiger partial charge in [0.1, 0.15) is 0 Å². The van der Waals surface area contributed by atoms with Gasteiger partial charge in [0.25, 0.3) is 0 Å². The molecule has 0 bridgehead atoms. The van der Waals surface area contributed by atoms with Gasteiger partial charge in [-0.05, 0) is 24.6 Å². The summed E-state index contributed by atoms with van der Waals surface area (Å²) in [7, 11) is 0. The first-order valence-corrected chi connectivity index (χ1v) is 4.89. The molecule has 2 atom stereocenters. The molecule has 2 unspecified atom stereocenters. The van der Waals surface area contributed by atoms with Crippen molar-refractivity contribution < 1.29 is 18.3 Å². The van der Waals surface area contributed by atoms with Crippen LogP contribution in [0.1, 0.15) is 18.4 Å². The number of hydrogen-bond acceptors (Lipinski definition) is 2. The van der Waals surface area contributed by atoms with Gasteiger partial charge in [0.15, 0.2) is 11.5 Å². The molecular weight excluding hydrogens is 202 g/mol. The molecule has 3 rings (SSSR count). The van der Waals surface area contributed by atoms with E-state index < -0.39 is 11.7 Å². The molecule has 1 aromatic rings. The summed E-state index contributed by atoms with van der Waals surface area (Å²) in [4.78, 5) is 0. The maximum absolute atomic E-state index is 13.8. The van der Waals surface area contributed by atoms with Crippen LogP contribution in [0.5, 0.6) is 11.5 Å². The van der Waals surface area contributed by atoms with Crippen molar-refractivity contribution in [1.29, 1.82) is 0 Å². The van der Waals surface area contributed by atoms with Crippen LogP contribution in [0.25, 0.3) is 0 Å². The Morgan fingerprint density at radius 3 is 2.27 bits per heavy atom. The zero-order chi connectivity index (χ0) is 10.7. The van der Waals surface area contributed by atoms with Crippen LogP contribution in [0, 0.1) is 6.92 Å². The number of hydrogen-bond donors (Lipinski definition) is 0. The van der Waals surface area contributed by atoms with Crippen molar-refractivity contribution in [2.75, 3.05) is 0 Å². The Hall–Kier alpha value is -1.32. The molecule has 4 heteroatoms. The minimum atomic E-state index is -2.30. The largest absolute Gasteiger partial charge is 0.448 e.